The highest BCUT2D eigenvalue weighted by Gasteiger charge is 2.26. The van der Waals surface area contributed by atoms with Gasteiger partial charge in [-0.2, -0.15) is 0 Å². The smallest absolute Gasteiger partial charge is 0.257 e. The number of thiazole rings is 1. The van der Waals surface area contributed by atoms with Gasteiger partial charge in [0.1, 0.15) is 0 Å². The summed E-state index contributed by atoms with van der Waals surface area (Å²) < 4.78 is 0. The maximum absolute atomic E-state index is 12.7. The number of hydrogen-bond donors (Lipinski definition) is 2. The molecule has 1 aliphatic carbocycles. The number of amides is 2. The second kappa shape index (κ2) is 6.91. The predicted octanol–water partition coefficient (Wildman–Crippen LogP) is 4.01. The van der Waals surface area contributed by atoms with Gasteiger partial charge in [-0.25, -0.2) is 4.98 Å². The first-order valence-corrected chi connectivity index (χ1v) is 8.64. The Kier molecular flexibility index (Phi) is 4.71. The van der Waals surface area contributed by atoms with Crippen LogP contribution in [0.5, 0.6) is 0 Å². The third-order valence-corrected chi connectivity index (χ3v) is 4.77. The Balaban J connectivity index is 1.97. The Morgan fingerprint density at radius 3 is 2.65 bits per heavy atom. The highest BCUT2D eigenvalue weighted by atomic mass is 32.1. The van der Waals surface area contributed by atoms with E-state index < -0.39 is 0 Å². The van der Waals surface area contributed by atoms with E-state index in [1.807, 2.05) is 17.5 Å². The van der Waals surface area contributed by atoms with Crippen LogP contribution in [0, 0.1) is 0 Å². The first-order chi connectivity index (χ1) is 11.1. The van der Waals surface area contributed by atoms with Crippen LogP contribution in [0.2, 0.25) is 0 Å². The maximum atomic E-state index is 12.7. The zero-order valence-corrected chi connectivity index (χ0v) is 13.8. The van der Waals surface area contributed by atoms with E-state index in [-0.39, 0.29) is 11.8 Å². The fourth-order valence-electron chi connectivity index (χ4n) is 3.17. The summed E-state index contributed by atoms with van der Waals surface area (Å²) >= 11 is 1.39. The molecule has 2 N–H and O–H groups in total. The summed E-state index contributed by atoms with van der Waals surface area (Å²) in [7, 11) is 0. The van der Waals surface area contributed by atoms with Crippen LogP contribution in [0.15, 0.2) is 29.8 Å². The second-order valence-electron chi connectivity index (χ2n) is 5.72. The summed E-state index contributed by atoms with van der Waals surface area (Å²) in [5.74, 6) is 0.0193. The maximum Gasteiger partial charge on any atom is 0.257 e. The van der Waals surface area contributed by atoms with Crippen molar-refractivity contribution in [3.05, 3.63) is 40.9 Å². The average Bonchev–Trinajstić information content (AvgIpc) is 3.19. The first kappa shape index (κ1) is 15.7. The highest BCUT2D eigenvalue weighted by molar-refractivity contribution is 7.13. The lowest BCUT2D eigenvalue weighted by atomic mass is 9.90. The van der Waals surface area contributed by atoms with Crippen molar-refractivity contribution in [1.82, 2.24) is 4.98 Å². The molecule has 0 unspecified atom stereocenters. The summed E-state index contributed by atoms with van der Waals surface area (Å²) in [6.45, 7) is 1.49. The van der Waals surface area contributed by atoms with Gasteiger partial charge in [0.25, 0.3) is 5.91 Å². The topological polar surface area (TPSA) is 71.1 Å². The first-order valence-electron chi connectivity index (χ1n) is 7.76. The molecule has 0 saturated heterocycles. The van der Waals surface area contributed by atoms with E-state index in [1.54, 1.807) is 12.3 Å². The number of anilines is 2. The molecular weight excluding hydrogens is 310 g/mol. The number of nitrogens with zero attached hydrogens (tertiary/aromatic N) is 1. The van der Waals surface area contributed by atoms with Crippen LogP contribution in [0.1, 0.15) is 54.4 Å². The van der Waals surface area contributed by atoms with E-state index in [0.29, 0.717) is 16.6 Å². The summed E-state index contributed by atoms with van der Waals surface area (Å²) in [6.07, 6.45) is 6.08. The molecule has 23 heavy (non-hydrogen) atoms. The molecule has 5 nitrogen and oxygen atoms in total. The van der Waals surface area contributed by atoms with Crippen molar-refractivity contribution in [2.75, 3.05) is 10.6 Å². The Hall–Kier alpha value is -2.21. The van der Waals surface area contributed by atoms with Crippen LogP contribution in [0.3, 0.4) is 0 Å². The third-order valence-electron chi connectivity index (χ3n) is 4.08. The number of hydrogen-bond acceptors (Lipinski definition) is 4. The van der Waals surface area contributed by atoms with Crippen LogP contribution < -0.4 is 10.6 Å². The molecule has 1 aromatic heterocycles. The molecule has 3 rings (SSSR count). The number of rotatable bonds is 4. The molecular formula is C17H19N3O2S. The summed E-state index contributed by atoms with van der Waals surface area (Å²) in [4.78, 5) is 28.3. The van der Waals surface area contributed by atoms with Gasteiger partial charge in [-0.1, -0.05) is 18.9 Å². The van der Waals surface area contributed by atoms with Gasteiger partial charge < -0.3 is 5.32 Å². The van der Waals surface area contributed by atoms with Gasteiger partial charge in [-0.05, 0) is 36.5 Å². The van der Waals surface area contributed by atoms with Crippen molar-refractivity contribution >= 4 is 34.0 Å². The van der Waals surface area contributed by atoms with Crippen molar-refractivity contribution in [1.29, 1.82) is 0 Å². The van der Waals surface area contributed by atoms with E-state index in [4.69, 9.17) is 0 Å². The van der Waals surface area contributed by atoms with E-state index >= 15 is 0 Å². The molecule has 2 amide bonds. The van der Waals surface area contributed by atoms with Gasteiger partial charge in [-0.15, -0.1) is 11.3 Å². The fraction of sp³-hybridized carbons (Fsp3) is 0.353. The molecule has 1 heterocycles. The van der Waals surface area contributed by atoms with Crippen molar-refractivity contribution in [3.8, 4) is 0 Å². The molecule has 1 aliphatic rings. The van der Waals surface area contributed by atoms with Crippen molar-refractivity contribution in [2.24, 2.45) is 0 Å². The van der Waals surface area contributed by atoms with E-state index in [9.17, 15) is 9.59 Å². The molecule has 0 aliphatic heterocycles. The monoisotopic (exact) mass is 329 g/mol. The molecule has 1 aromatic carbocycles. The lowest BCUT2D eigenvalue weighted by Crippen LogP contribution is -2.18. The van der Waals surface area contributed by atoms with Crippen LogP contribution >= 0.6 is 11.3 Å². The van der Waals surface area contributed by atoms with Crippen LogP contribution in [-0.2, 0) is 4.79 Å². The van der Waals surface area contributed by atoms with E-state index in [0.717, 1.165) is 36.9 Å². The minimum Gasteiger partial charge on any atom is -0.326 e. The molecule has 0 spiro atoms. The number of carbonyl (C=O) groups is 2. The molecule has 1 fully saturated rings. The van der Waals surface area contributed by atoms with Gasteiger partial charge in [0.15, 0.2) is 5.13 Å². The molecule has 1 saturated carbocycles. The van der Waals surface area contributed by atoms with Gasteiger partial charge in [-0.3, -0.25) is 14.9 Å². The standard InChI is InChI=1S/C17H19N3O2S/c1-11(21)19-14-8-4-7-13(15(14)12-5-2-3-6-12)16(22)20-17-18-9-10-23-17/h4,7-10,12H,2-3,5-6H2,1H3,(H,19,21)(H,18,20,22). The number of aromatic nitrogens is 1. The summed E-state index contributed by atoms with van der Waals surface area (Å²) in [5, 5.41) is 8.11. The van der Waals surface area contributed by atoms with Gasteiger partial charge in [0.05, 0.1) is 0 Å². The van der Waals surface area contributed by atoms with E-state index in [2.05, 4.69) is 15.6 Å². The summed E-state index contributed by atoms with van der Waals surface area (Å²) in [6, 6.07) is 5.50. The number of carbonyl (C=O) groups excluding carboxylic acids is 2. The van der Waals surface area contributed by atoms with Crippen molar-refractivity contribution in [2.45, 2.75) is 38.5 Å². The Morgan fingerprint density at radius 1 is 1.22 bits per heavy atom. The molecule has 0 radical (unpaired) electrons. The minimum absolute atomic E-state index is 0.123. The molecule has 0 bridgehead atoms. The zero-order valence-electron chi connectivity index (χ0n) is 13.0. The third kappa shape index (κ3) is 3.59. The largest absolute Gasteiger partial charge is 0.326 e. The molecule has 0 atom stereocenters. The van der Waals surface area contributed by atoms with Crippen molar-refractivity contribution < 1.29 is 9.59 Å². The average molecular weight is 329 g/mol. The normalized spacial score (nSPS) is 14.7. The molecule has 120 valence electrons. The van der Waals surface area contributed by atoms with E-state index in [1.165, 1.54) is 18.3 Å². The Bertz CT molecular complexity index is 707. The molecule has 2 aromatic rings. The van der Waals surface area contributed by atoms with Crippen LogP contribution in [-0.4, -0.2) is 16.8 Å². The highest BCUT2D eigenvalue weighted by Crippen LogP contribution is 2.40. The van der Waals surface area contributed by atoms with Gasteiger partial charge >= 0.3 is 0 Å². The molecule has 6 heteroatoms. The number of benzene rings is 1. The zero-order chi connectivity index (χ0) is 16.2. The SMILES string of the molecule is CC(=O)Nc1cccc(C(=O)Nc2nccs2)c1C1CCCC1. The van der Waals surface area contributed by atoms with Crippen LogP contribution in [0.4, 0.5) is 10.8 Å². The Morgan fingerprint density at radius 2 is 2.00 bits per heavy atom. The fourth-order valence-corrected chi connectivity index (χ4v) is 3.69. The predicted molar refractivity (Wildman–Crippen MR) is 92.0 cm³/mol. The van der Waals surface area contributed by atoms with Gasteiger partial charge in [0.2, 0.25) is 5.91 Å². The summed E-state index contributed by atoms with van der Waals surface area (Å²) in [5.41, 5.74) is 2.32. The lowest BCUT2D eigenvalue weighted by Gasteiger charge is -2.19. The van der Waals surface area contributed by atoms with Crippen LogP contribution in [0.25, 0.3) is 0 Å². The quantitative estimate of drug-likeness (QED) is 0.890. The Labute approximate surface area is 139 Å². The lowest BCUT2D eigenvalue weighted by molar-refractivity contribution is -0.114. The van der Waals surface area contributed by atoms with Crippen molar-refractivity contribution in [3.63, 3.8) is 0 Å². The number of nitrogens with one attached hydrogen (secondary N) is 2. The van der Waals surface area contributed by atoms with Gasteiger partial charge in [0, 0.05) is 29.8 Å². The second-order valence-corrected chi connectivity index (χ2v) is 6.62. The minimum atomic E-state index is -0.172.